The Bertz CT molecular complexity index is 974. The molecule has 2 aromatic carbocycles. The summed E-state index contributed by atoms with van der Waals surface area (Å²) in [6.45, 7) is 7.28. The minimum absolute atomic E-state index is 0.0592. The van der Waals surface area contributed by atoms with Gasteiger partial charge in [0.1, 0.15) is 5.75 Å². The number of nitrogens with one attached hydrogen (secondary N) is 2. The molecule has 3 aromatic rings. The maximum absolute atomic E-state index is 6.42. The van der Waals surface area contributed by atoms with Crippen LogP contribution in [0.2, 0.25) is 5.02 Å². The molecule has 1 aromatic heterocycles. The summed E-state index contributed by atoms with van der Waals surface area (Å²) in [7, 11) is 1.72. The van der Waals surface area contributed by atoms with Crippen LogP contribution in [0.5, 0.6) is 5.75 Å². The van der Waals surface area contributed by atoms with Crippen molar-refractivity contribution < 1.29 is 4.74 Å². The van der Waals surface area contributed by atoms with Crippen LogP contribution in [-0.2, 0) is 6.42 Å². The molecule has 1 atom stereocenters. The number of methoxy groups -OCH3 is 1. The van der Waals surface area contributed by atoms with Crippen molar-refractivity contribution in [3.05, 3.63) is 62.8 Å². The molecule has 0 bridgehead atoms. The van der Waals surface area contributed by atoms with Crippen LogP contribution in [0.3, 0.4) is 0 Å². The lowest BCUT2D eigenvalue weighted by Crippen LogP contribution is -2.30. The van der Waals surface area contributed by atoms with E-state index in [4.69, 9.17) is 16.3 Å². The minimum atomic E-state index is 0.0592. The molecule has 1 unspecified atom stereocenters. The smallest absolute Gasteiger partial charge is 0.124 e. The van der Waals surface area contributed by atoms with Gasteiger partial charge in [-0.1, -0.05) is 17.7 Å². The maximum Gasteiger partial charge on any atom is 0.124 e. The fraction of sp³-hybridized carbons (Fsp3) is 0.333. The molecule has 0 radical (unpaired) electrons. The van der Waals surface area contributed by atoms with Crippen LogP contribution in [0.1, 0.15) is 39.6 Å². The molecule has 0 fully saturated rings. The van der Waals surface area contributed by atoms with Gasteiger partial charge in [0, 0.05) is 33.7 Å². The van der Waals surface area contributed by atoms with Gasteiger partial charge in [0.25, 0.3) is 0 Å². The monoisotopic (exact) mass is 354 g/mol. The van der Waals surface area contributed by atoms with Gasteiger partial charge in [-0.3, -0.25) is 0 Å². The van der Waals surface area contributed by atoms with Crippen molar-refractivity contribution >= 4 is 22.5 Å². The van der Waals surface area contributed by atoms with E-state index in [1.54, 1.807) is 7.11 Å². The summed E-state index contributed by atoms with van der Waals surface area (Å²) >= 11 is 6.42. The van der Waals surface area contributed by atoms with Gasteiger partial charge >= 0.3 is 0 Å². The Morgan fingerprint density at radius 3 is 2.64 bits per heavy atom. The highest BCUT2D eigenvalue weighted by Crippen LogP contribution is 2.39. The van der Waals surface area contributed by atoms with E-state index >= 15 is 0 Å². The number of rotatable bonds is 2. The van der Waals surface area contributed by atoms with Crippen molar-refractivity contribution in [2.24, 2.45) is 0 Å². The first-order valence-electron chi connectivity index (χ1n) is 8.68. The predicted octanol–water partition coefficient (Wildman–Crippen LogP) is 4.99. The third-order valence-electron chi connectivity index (χ3n) is 5.21. The lowest BCUT2D eigenvalue weighted by molar-refractivity contribution is 0.401. The van der Waals surface area contributed by atoms with Crippen molar-refractivity contribution in [2.45, 2.75) is 33.2 Å². The Hall–Kier alpha value is -1.97. The minimum Gasteiger partial charge on any atom is -0.496 e. The summed E-state index contributed by atoms with van der Waals surface area (Å²) in [5.74, 6) is 0.874. The van der Waals surface area contributed by atoms with E-state index in [0.717, 1.165) is 34.9 Å². The first-order chi connectivity index (χ1) is 12.0. The number of ether oxygens (including phenoxy) is 1. The van der Waals surface area contributed by atoms with Gasteiger partial charge in [0.15, 0.2) is 0 Å². The van der Waals surface area contributed by atoms with Crippen molar-refractivity contribution in [3.8, 4) is 5.75 Å². The standard InChI is InChI=1S/C21H23ClN2O/c1-11-7-13(3)19-14-5-6-23-20(21(14)24-17(19)8-11)15-10-16(22)12(2)9-18(15)25-4/h7-10,20,23-24H,5-6H2,1-4H3. The van der Waals surface area contributed by atoms with Gasteiger partial charge in [0.05, 0.1) is 13.2 Å². The second kappa shape index (κ2) is 6.08. The highest BCUT2D eigenvalue weighted by molar-refractivity contribution is 6.31. The van der Waals surface area contributed by atoms with Crippen molar-refractivity contribution in [1.82, 2.24) is 10.3 Å². The van der Waals surface area contributed by atoms with E-state index < -0.39 is 0 Å². The number of aromatic nitrogens is 1. The number of benzene rings is 2. The topological polar surface area (TPSA) is 37.0 Å². The highest BCUT2D eigenvalue weighted by Gasteiger charge is 2.28. The molecule has 0 spiro atoms. The third-order valence-corrected chi connectivity index (χ3v) is 5.62. The Morgan fingerprint density at radius 1 is 1.08 bits per heavy atom. The molecule has 0 aliphatic carbocycles. The molecule has 0 amide bonds. The summed E-state index contributed by atoms with van der Waals surface area (Å²) in [6.07, 6.45) is 1.03. The lowest BCUT2D eigenvalue weighted by atomic mass is 9.92. The molecule has 1 aliphatic rings. The number of fused-ring (bicyclic) bond motifs is 3. The summed E-state index contributed by atoms with van der Waals surface area (Å²) in [6, 6.07) is 8.61. The predicted molar refractivity (Wildman–Crippen MR) is 104 cm³/mol. The molecule has 0 saturated heterocycles. The quantitative estimate of drug-likeness (QED) is 0.680. The van der Waals surface area contributed by atoms with Crippen molar-refractivity contribution in [3.63, 3.8) is 0 Å². The van der Waals surface area contributed by atoms with E-state index in [1.165, 1.54) is 33.3 Å². The molecular weight excluding hydrogens is 332 g/mol. The molecule has 2 heterocycles. The van der Waals surface area contributed by atoms with Gasteiger partial charge in [-0.2, -0.15) is 0 Å². The van der Waals surface area contributed by atoms with E-state index in [2.05, 4.69) is 36.3 Å². The van der Waals surface area contributed by atoms with Crippen molar-refractivity contribution in [2.75, 3.05) is 13.7 Å². The average molecular weight is 355 g/mol. The zero-order valence-electron chi connectivity index (χ0n) is 15.1. The summed E-state index contributed by atoms with van der Waals surface area (Å²) < 4.78 is 5.65. The van der Waals surface area contributed by atoms with Crippen LogP contribution >= 0.6 is 11.6 Å². The zero-order chi connectivity index (χ0) is 17.7. The number of halogens is 1. The number of hydrogen-bond donors (Lipinski definition) is 2. The molecule has 1 aliphatic heterocycles. The van der Waals surface area contributed by atoms with E-state index in [9.17, 15) is 0 Å². The third kappa shape index (κ3) is 2.62. The van der Waals surface area contributed by atoms with Crippen LogP contribution in [0.15, 0.2) is 24.3 Å². The molecule has 4 rings (SSSR count). The van der Waals surface area contributed by atoms with Gasteiger partial charge < -0.3 is 15.0 Å². The normalized spacial score (nSPS) is 16.9. The van der Waals surface area contributed by atoms with Crippen LogP contribution in [0, 0.1) is 20.8 Å². The van der Waals surface area contributed by atoms with Crippen molar-refractivity contribution in [1.29, 1.82) is 0 Å². The fourth-order valence-corrected chi connectivity index (χ4v) is 4.28. The zero-order valence-corrected chi connectivity index (χ0v) is 15.8. The molecule has 0 saturated carbocycles. The Balaban J connectivity index is 1.94. The van der Waals surface area contributed by atoms with Crippen LogP contribution in [0.25, 0.3) is 10.9 Å². The largest absolute Gasteiger partial charge is 0.496 e. The van der Waals surface area contributed by atoms with Crippen LogP contribution < -0.4 is 10.1 Å². The highest BCUT2D eigenvalue weighted by atomic mass is 35.5. The van der Waals surface area contributed by atoms with Crippen LogP contribution in [-0.4, -0.2) is 18.6 Å². The number of hydrogen-bond acceptors (Lipinski definition) is 2. The van der Waals surface area contributed by atoms with Crippen LogP contribution in [0.4, 0.5) is 0 Å². The second-order valence-electron chi connectivity index (χ2n) is 7.00. The summed E-state index contributed by atoms with van der Waals surface area (Å²) in [4.78, 5) is 3.67. The number of H-pyrrole nitrogens is 1. The van der Waals surface area contributed by atoms with Gasteiger partial charge in [-0.15, -0.1) is 0 Å². The number of aromatic amines is 1. The van der Waals surface area contributed by atoms with Gasteiger partial charge in [-0.05, 0) is 67.6 Å². The molecule has 130 valence electrons. The average Bonchev–Trinajstić information content (AvgIpc) is 2.95. The van der Waals surface area contributed by atoms with Gasteiger partial charge in [0.2, 0.25) is 0 Å². The van der Waals surface area contributed by atoms with E-state index in [0.29, 0.717) is 0 Å². The number of aryl methyl sites for hydroxylation is 3. The Labute approximate surface area is 153 Å². The Morgan fingerprint density at radius 2 is 1.88 bits per heavy atom. The maximum atomic E-state index is 6.42. The molecule has 3 nitrogen and oxygen atoms in total. The molecule has 4 heteroatoms. The SMILES string of the molecule is COc1cc(C)c(Cl)cc1C1NCCc2c1[nH]c1cc(C)cc(C)c21. The Kier molecular flexibility index (Phi) is 4.01. The lowest BCUT2D eigenvalue weighted by Gasteiger charge is -2.26. The van der Waals surface area contributed by atoms with E-state index in [1.807, 2.05) is 19.1 Å². The first-order valence-corrected chi connectivity index (χ1v) is 9.06. The first kappa shape index (κ1) is 16.5. The van der Waals surface area contributed by atoms with E-state index in [-0.39, 0.29) is 6.04 Å². The molecule has 2 N–H and O–H groups in total. The molecule has 25 heavy (non-hydrogen) atoms. The van der Waals surface area contributed by atoms with Gasteiger partial charge in [-0.25, -0.2) is 0 Å². The fourth-order valence-electron chi connectivity index (χ4n) is 4.11. The second-order valence-corrected chi connectivity index (χ2v) is 7.41. The summed E-state index contributed by atoms with van der Waals surface area (Å²) in [5.41, 5.74) is 8.59. The molecular formula is C21H23ClN2O. The summed E-state index contributed by atoms with van der Waals surface area (Å²) in [5, 5.41) is 5.77.